The number of hydrogen-bond acceptors (Lipinski definition) is 5. The van der Waals surface area contributed by atoms with E-state index in [1.807, 2.05) is 24.4 Å². The van der Waals surface area contributed by atoms with Crippen molar-refractivity contribution >= 4 is 19.4 Å². The minimum Gasteiger partial charge on any atom is -0.494 e. The molecule has 0 aliphatic heterocycles. The molecule has 0 saturated carbocycles. The molecule has 4 aromatic rings. The Hall–Kier alpha value is -3.03. The van der Waals surface area contributed by atoms with Crippen LogP contribution in [0.4, 0.5) is 0 Å². The summed E-state index contributed by atoms with van der Waals surface area (Å²) in [5, 5.41) is 0.191. The number of pyridine rings is 2. The van der Waals surface area contributed by atoms with Crippen LogP contribution in [0.3, 0.4) is 0 Å². The predicted molar refractivity (Wildman–Crippen MR) is 135 cm³/mol. The molecule has 172 valence electrons. The van der Waals surface area contributed by atoms with Crippen molar-refractivity contribution < 1.29 is 9.16 Å². The van der Waals surface area contributed by atoms with Gasteiger partial charge in [0.2, 0.25) is 0 Å². The molecule has 0 saturated heterocycles. The summed E-state index contributed by atoms with van der Waals surface area (Å²) >= 11 is 0. The highest BCUT2D eigenvalue weighted by Crippen LogP contribution is 2.37. The summed E-state index contributed by atoms with van der Waals surface area (Å²) in [7, 11) is -0.135. The number of benzene rings is 1. The molecule has 0 bridgehead atoms. The van der Waals surface area contributed by atoms with Crippen molar-refractivity contribution in [3.8, 4) is 16.9 Å². The lowest BCUT2D eigenvalue weighted by Crippen LogP contribution is -2.40. The van der Waals surface area contributed by atoms with Crippen molar-refractivity contribution in [2.24, 2.45) is 0 Å². The number of rotatable bonds is 7. The molecule has 0 aliphatic carbocycles. The Kier molecular flexibility index (Phi) is 6.36. The third-order valence-electron chi connectivity index (χ3n) is 6.48. The summed E-state index contributed by atoms with van der Waals surface area (Å²) in [6, 6.07) is 12.3. The number of H-pyrrole nitrogens is 1. The molecule has 0 unspecified atom stereocenters. The van der Waals surface area contributed by atoms with Gasteiger partial charge in [0, 0.05) is 30.1 Å². The van der Waals surface area contributed by atoms with Crippen LogP contribution in [-0.4, -0.2) is 35.4 Å². The van der Waals surface area contributed by atoms with Crippen LogP contribution in [0.1, 0.15) is 37.9 Å². The van der Waals surface area contributed by atoms with E-state index in [1.54, 1.807) is 19.5 Å². The first-order valence-electron chi connectivity index (χ1n) is 11.2. The van der Waals surface area contributed by atoms with E-state index in [1.165, 1.54) is 0 Å². The Morgan fingerprint density at radius 2 is 1.85 bits per heavy atom. The second-order valence-corrected chi connectivity index (χ2v) is 14.7. The van der Waals surface area contributed by atoms with Crippen LogP contribution >= 0.6 is 0 Å². The zero-order valence-corrected chi connectivity index (χ0v) is 21.3. The lowest BCUT2D eigenvalue weighted by atomic mass is 10.1. The smallest absolute Gasteiger partial charge is 0.192 e. The standard InChI is InChI=1S/C26H32N4O2Si/c1-26(2,3)33(5,6)32-17-18-9-12-28-20(13-18)15-25-29-22-8-7-19(14-23(22)30-25)21-10-11-27-16-24(21)31-4/h7-14,16H,15,17H2,1-6H3,(H,29,30). The first-order valence-corrected chi connectivity index (χ1v) is 14.1. The fourth-order valence-corrected chi connectivity index (χ4v) is 4.42. The van der Waals surface area contributed by atoms with Gasteiger partial charge in [-0.05, 0) is 59.6 Å². The maximum atomic E-state index is 6.38. The molecule has 0 amide bonds. The van der Waals surface area contributed by atoms with Crippen molar-refractivity contribution in [2.45, 2.75) is 51.9 Å². The van der Waals surface area contributed by atoms with Gasteiger partial charge in [-0.1, -0.05) is 26.8 Å². The number of ether oxygens (including phenoxy) is 1. The van der Waals surface area contributed by atoms with E-state index in [0.717, 1.165) is 45.0 Å². The highest BCUT2D eigenvalue weighted by Gasteiger charge is 2.37. The molecule has 4 rings (SSSR count). The van der Waals surface area contributed by atoms with Gasteiger partial charge in [0.1, 0.15) is 11.6 Å². The minimum atomic E-state index is -1.79. The maximum absolute atomic E-state index is 6.38. The van der Waals surface area contributed by atoms with Crippen LogP contribution in [0.25, 0.3) is 22.2 Å². The van der Waals surface area contributed by atoms with Crippen LogP contribution in [0.5, 0.6) is 5.75 Å². The van der Waals surface area contributed by atoms with Crippen LogP contribution < -0.4 is 4.74 Å². The van der Waals surface area contributed by atoms with Gasteiger partial charge in [0.15, 0.2) is 8.32 Å². The van der Waals surface area contributed by atoms with E-state index in [4.69, 9.17) is 14.1 Å². The first kappa shape index (κ1) is 23.1. The van der Waals surface area contributed by atoms with Gasteiger partial charge >= 0.3 is 0 Å². The Morgan fingerprint density at radius 1 is 1.03 bits per heavy atom. The van der Waals surface area contributed by atoms with Gasteiger partial charge in [0.05, 0.1) is 30.9 Å². The fraction of sp³-hybridized carbons (Fsp3) is 0.346. The summed E-state index contributed by atoms with van der Waals surface area (Å²) in [6.45, 7) is 11.9. The molecule has 0 aliphatic rings. The summed E-state index contributed by atoms with van der Waals surface area (Å²) in [5.74, 6) is 1.64. The molecule has 1 aromatic carbocycles. The molecule has 6 nitrogen and oxygen atoms in total. The van der Waals surface area contributed by atoms with Gasteiger partial charge in [-0.15, -0.1) is 0 Å². The van der Waals surface area contributed by atoms with Crippen molar-refractivity contribution in [2.75, 3.05) is 7.11 Å². The number of hydrogen-bond donors (Lipinski definition) is 1. The normalized spacial score (nSPS) is 12.3. The average molecular weight is 461 g/mol. The van der Waals surface area contributed by atoms with Crippen molar-refractivity contribution in [3.05, 3.63) is 72.1 Å². The fourth-order valence-electron chi connectivity index (χ4n) is 3.46. The molecule has 0 atom stereocenters. The lowest BCUT2D eigenvalue weighted by Gasteiger charge is -2.36. The minimum absolute atomic E-state index is 0.191. The molecule has 0 fully saturated rings. The van der Waals surface area contributed by atoms with E-state index < -0.39 is 8.32 Å². The topological polar surface area (TPSA) is 72.9 Å². The van der Waals surface area contributed by atoms with Gasteiger partial charge in [-0.25, -0.2) is 4.98 Å². The van der Waals surface area contributed by atoms with Crippen molar-refractivity contribution in [1.82, 2.24) is 19.9 Å². The second-order valence-electron chi connectivity index (χ2n) is 9.87. The Bertz CT molecular complexity index is 1260. The van der Waals surface area contributed by atoms with Crippen molar-refractivity contribution in [1.29, 1.82) is 0 Å². The van der Waals surface area contributed by atoms with Crippen LogP contribution in [0.15, 0.2) is 55.0 Å². The number of fused-ring (bicyclic) bond motifs is 1. The Labute approximate surface area is 196 Å². The molecule has 0 radical (unpaired) electrons. The van der Waals surface area contributed by atoms with Crippen LogP contribution in [0.2, 0.25) is 18.1 Å². The van der Waals surface area contributed by atoms with Crippen LogP contribution in [0, 0.1) is 0 Å². The second kappa shape index (κ2) is 9.07. The largest absolute Gasteiger partial charge is 0.494 e. The van der Waals surface area contributed by atoms with E-state index in [9.17, 15) is 0 Å². The SMILES string of the molecule is COc1cnccc1-c1ccc2nc(Cc3cc(CO[Si](C)(C)C(C)(C)C)ccn3)[nH]c2c1. The highest BCUT2D eigenvalue weighted by atomic mass is 28.4. The zero-order chi connectivity index (χ0) is 23.6. The van der Waals surface area contributed by atoms with Crippen LogP contribution in [-0.2, 0) is 17.5 Å². The van der Waals surface area contributed by atoms with Gasteiger partial charge in [0.25, 0.3) is 0 Å². The average Bonchev–Trinajstić information content (AvgIpc) is 3.18. The molecular weight excluding hydrogens is 428 g/mol. The zero-order valence-electron chi connectivity index (χ0n) is 20.3. The molecule has 7 heteroatoms. The molecule has 3 aromatic heterocycles. The molecule has 33 heavy (non-hydrogen) atoms. The summed E-state index contributed by atoms with van der Waals surface area (Å²) in [6.07, 6.45) is 5.99. The first-order chi connectivity index (χ1) is 15.7. The Morgan fingerprint density at radius 3 is 2.61 bits per heavy atom. The van der Waals surface area contributed by atoms with Gasteiger partial charge in [-0.2, -0.15) is 0 Å². The van der Waals surface area contributed by atoms with E-state index in [-0.39, 0.29) is 5.04 Å². The van der Waals surface area contributed by atoms with Gasteiger partial charge in [-0.3, -0.25) is 9.97 Å². The number of nitrogens with one attached hydrogen (secondary N) is 1. The predicted octanol–water partition coefficient (Wildman–Crippen LogP) is 6.14. The summed E-state index contributed by atoms with van der Waals surface area (Å²) in [5.41, 5.74) is 6.09. The Balaban J connectivity index is 1.52. The van der Waals surface area contributed by atoms with Crippen molar-refractivity contribution in [3.63, 3.8) is 0 Å². The quantitative estimate of drug-likeness (QED) is 0.335. The third kappa shape index (κ3) is 5.15. The maximum Gasteiger partial charge on any atom is 0.192 e. The highest BCUT2D eigenvalue weighted by molar-refractivity contribution is 6.74. The number of aromatic amines is 1. The number of imidazole rings is 1. The van der Waals surface area contributed by atoms with Gasteiger partial charge < -0.3 is 14.1 Å². The number of nitrogens with zero attached hydrogens (tertiary/aromatic N) is 3. The number of aromatic nitrogens is 4. The molecular formula is C26H32N4O2Si. The molecule has 3 heterocycles. The van der Waals surface area contributed by atoms with E-state index in [2.05, 4.69) is 67.0 Å². The monoisotopic (exact) mass is 460 g/mol. The summed E-state index contributed by atoms with van der Waals surface area (Å²) < 4.78 is 11.8. The third-order valence-corrected chi connectivity index (χ3v) is 11.0. The molecule has 1 N–H and O–H groups in total. The summed E-state index contributed by atoms with van der Waals surface area (Å²) in [4.78, 5) is 16.9. The lowest BCUT2D eigenvalue weighted by molar-refractivity contribution is 0.276. The molecule has 0 spiro atoms. The number of methoxy groups -OCH3 is 1. The van der Waals surface area contributed by atoms with E-state index >= 15 is 0 Å². The van der Waals surface area contributed by atoms with E-state index in [0.29, 0.717) is 13.0 Å².